The van der Waals surface area contributed by atoms with Crippen LogP contribution in [-0.4, -0.2) is 11.5 Å². The quantitative estimate of drug-likeness (QED) is 0.843. The van der Waals surface area contributed by atoms with Gasteiger partial charge in [0.25, 0.3) is 0 Å². The largest absolute Gasteiger partial charge is 0.305 e. The van der Waals surface area contributed by atoms with E-state index in [-0.39, 0.29) is 5.54 Å². The van der Waals surface area contributed by atoms with Crippen molar-refractivity contribution in [1.29, 1.82) is 0 Å². The van der Waals surface area contributed by atoms with Gasteiger partial charge in [-0.3, -0.25) is 0 Å². The van der Waals surface area contributed by atoms with Crippen LogP contribution in [0.4, 0.5) is 0 Å². The zero-order chi connectivity index (χ0) is 14.8. The van der Waals surface area contributed by atoms with Gasteiger partial charge in [-0.15, -0.1) is 11.3 Å². The molecule has 0 spiro atoms. The zero-order valence-corrected chi connectivity index (χ0v) is 14.6. The van der Waals surface area contributed by atoms with E-state index in [4.69, 9.17) is 4.98 Å². The molecule has 1 N–H and O–H groups in total. The van der Waals surface area contributed by atoms with Crippen molar-refractivity contribution in [3.63, 3.8) is 0 Å². The number of thiazole rings is 1. The van der Waals surface area contributed by atoms with E-state index in [0.717, 1.165) is 18.4 Å². The van der Waals surface area contributed by atoms with Crippen LogP contribution in [0.2, 0.25) is 0 Å². The minimum atomic E-state index is 0.146. The van der Waals surface area contributed by atoms with Crippen LogP contribution in [0.25, 0.3) is 0 Å². The molecular formula is C17H30N2S. The van der Waals surface area contributed by atoms with Gasteiger partial charge in [-0.1, -0.05) is 33.6 Å². The van der Waals surface area contributed by atoms with E-state index in [2.05, 4.69) is 39.9 Å². The Balaban J connectivity index is 2.29. The second-order valence-corrected chi connectivity index (χ2v) is 7.97. The molecule has 0 aromatic carbocycles. The fourth-order valence-corrected chi connectivity index (χ4v) is 4.48. The SMILES string of the molecule is CCCNC1(c2nc(C)c(C)s2)CCCC(C(C)C)C1. The third-order valence-corrected chi connectivity index (χ3v) is 6.16. The summed E-state index contributed by atoms with van der Waals surface area (Å²) in [7, 11) is 0. The lowest BCUT2D eigenvalue weighted by Crippen LogP contribution is -2.47. The predicted octanol–water partition coefficient (Wildman–Crippen LogP) is 4.80. The Morgan fingerprint density at radius 2 is 2.15 bits per heavy atom. The van der Waals surface area contributed by atoms with Crippen molar-refractivity contribution in [2.75, 3.05) is 6.54 Å². The molecule has 0 saturated heterocycles. The fraction of sp³-hybridized carbons (Fsp3) is 0.824. The van der Waals surface area contributed by atoms with Crippen molar-refractivity contribution in [1.82, 2.24) is 10.3 Å². The maximum Gasteiger partial charge on any atom is 0.113 e. The number of rotatable bonds is 5. The fourth-order valence-electron chi connectivity index (χ4n) is 3.36. The second-order valence-electron chi connectivity index (χ2n) is 6.77. The Morgan fingerprint density at radius 3 is 2.70 bits per heavy atom. The Kier molecular flexibility index (Phi) is 5.25. The van der Waals surface area contributed by atoms with Crippen molar-refractivity contribution < 1.29 is 0 Å². The molecule has 1 saturated carbocycles. The Hall–Kier alpha value is -0.410. The summed E-state index contributed by atoms with van der Waals surface area (Å²) in [5, 5.41) is 5.21. The van der Waals surface area contributed by atoms with Gasteiger partial charge in [0.15, 0.2) is 0 Å². The highest BCUT2D eigenvalue weighted by molar-refractivity contribution is 7.11. The van der Waals surface area contributed by atoms with E-state index in [1.807, 2.05) is 11.3 Å². The number of nitrogens with zero attached hydrogens (tertiary/aromatic N) is 1. The van der Waals surface area contributed by atoms with Crippen LogP contribution in [-0.2, 0) is 5.54 Å². The van der Waals surface area contributed by atoms with Crippen molar-refractivity contribution in [2.24, 2.45) is 11.8 Å². The Bertz CT molecular complexity index is 419. The Labute approximate surface area is 128 Å². The molecule has 0 radical (unpaired) electrons. The van der Waals surface area contributed by atoms with Gasteiger partial charge < -0.3 is 5.32 Å². The minimum absolute atomic E-state index is 0.146. The summed E-state index contributed by atoms with van der Waals surface area (Å²) >= 11 is 1.91. The van der Waals surface area contributed by atoms with Gasteiger partial charge in [-0.25, -0.2) is 4.98 Å². The van der Waals surface area contributed by atoms with Gasteiger partial charge in [0, 0.05) is 4.88 Å². The molecule has 2 rings (SSSR count). The number of aryl methyl sites for hydroxylation is 2. The number of nitrogens with one attached hydrogen (secondary N) is 1. The number of aromatic nitrogens is 1. The first kappa shape index (κ1) is 16.0. The van der Waals surface area contributed by atoms with Gasteiger partial charge in [0.05, 0.1) is 11.2 Å². The maximum atomic E-state index is 4.91. The normalized spacial score (nSPS) is 27.2. The van der Waals surface area contributed by atoms with Gasteiger partial charge in [-0.05, 0) is 51.5 Å². The lowest BCUT2D eigenvalue weighted by atomic mass is 9.72. The third kappa shape index (κ3) is 3.25. The molecular weight excluding hydrogens is 264 g/mol. The average Bonchev–Trinajstić information content (AvgIpc) is 2.77. The smallest absolute Gasteiger partial charge is 0.113 e. The van der Waals surface area contributed by atoms with Crippen LogP contribution in [0.15, 0.2) is 0 Å². The van der Waals surface area contributed by atoms with Crippen LogP contribution >= 0.6 is 11.3 Å². The highest BCUT2D eigenvalue weighted by Gasteiger charge is 2.40. The van der Waals surface area contributed by atoms with Crippen LogP contribution in [0.3, 0.4) is 0 Å². The summed E-state index contributed by atoms with van der Waals surface area (Å²) in [4.78, 5) is 6.29. The predicted molar refractivity (Wildman–Crippen MR) is 88.4 cm³/mol. The molecule has 114 valence electrons. The zero-order valence-electron chi connectivity index (χ0n) is 13.8. The standard InChI is InChI=1S/C17H30N2S/c1-6-10-18-17(16-19-13(4)14(5)20-16)9-7-8-15(11-17)12(2)3/h12,15,18H,6-11H2,1-5H3. The molecule has 0 amide bonds. The van der Waals surface area contributed by atoms with Gasteiger partial charge >= 0.3 is 0 Å². The molecule has 0 bridgehead atoms. The molecule has 2 atom stereocenters. The molecule has 1 aromatic heterocycles. The molecule has 1 aliphatic carbocycles. The highest BCUT2D eigenvalue weighted by atomic mass is 32.1. The first-order chi connectivity index (χ1) is 9.48. The van der Waals surface area contributed by atoms with Gasteiger partial charge in [0.2, 0.25) is 0 Å². The lowest BCUT2D eigenvalue weighted by Gasteiger charge is -2.42. The molecule has 2 unspecified atom stereocenters. The third-order valence-electron chi connectivity index (χ3n) is 4.88. The molecule has 2 nitrogen and oxygen atoms in total. The van der Waals surface area contributed by atoms with Crippen LogP contribution in [0, 0.1) is 25.7 Å². The molecule has 1 fully saturated rings. The minimum Gasteiger partial charge on any atom is -0.305 e. The first-order valence-corrected chi connectivity index (χ1v) is 8.99. The second kappa shape index (κ2) is 6.57. The van der Waals surface area contributed by atoms with Crippen LogP contribution < -0.4 is 5.32 Å². The molecule has 1 aliphatic rings. The van der Waals surface area contributed by atoms with E-state index in [1.54, 1.807) is 0 Å². The maximum absolute atomic E-state index is 4.91. The molecule has 20 heavy (non-hydrogen) atoms. The lowest BCUT2D eigenvalue weighted by molar-refractivity contribution is 0.147. The van der Waals surface area contributed by atoms with Gasteiger partial charge in [-0.2, -0.15) is 0 Å². The van der Waals surface area contributed by atoms with Crippen LogP contribution in [0.1, 0.15) is 68.5 Å². The van der Waals surface area contributed by atoms with Crippen molar-refractivity contribution >= 4 is 11.3 Å². The molecule has 3 heteroatoms. The van der Waals surface area contributed by atoms with Crippen molar-refractivity contribution in [3.05, 3.63) is 15.6 Å². The molecule has 0 aliphatic heterocycles. The number of hydrogen-bond donors (Lipinski definition) is 1. The monoisotopic (exact) mass is 294 g/mol. The van der Waals surface area contributed by atoms with E-state index in [1.165, 1.54) is 47.7 Å². The summed E-state index contributed by atoms with van der Waals surface area (Å²) in [5.74, 6) is 1.61. The Morgan fingerprint density at radius 1 is 1.40 bits per heavy atom. The van der Waals surface area contributed by atoms with E-state index in [0.29, 0.717) is 0 Å². The van der Waals surface area contributed by atoms with Gasteiger partial charge in [0.1, 0.15) is 5.01 Å². The summed E-state index contributed by atoms with van der Waals surface area (Å²) in [6, 6.07) is 0. The highest BCUT2D eigenvalue weighted by Crippen LogP contribution is 2.44. The van der Waals surface area contributed by atoms with E-state index >= 15 is 0 Å². The average molecular weight is 295 g/mol. The van der Waals surface area contributed by atoms with E-state index < -0.39 is 0 Å². The summed E-state index contributed by atoms with van der Waals surface area (Å²) in [6.07, 6.45) is 6.42. The summed E-state index contributed by atoms with van der Waals surface area (Å²) in [6.45, 7) is 12.4. The first-order valence-electron chi connectivity index (χ1n) is 8.18. The molecule has 1 heterocycles. The topological polar surface area (TPSA) is 24.9 Å². The summed E-state index contributed by atoms with van der Waals surface area (Å²) < 4.78 is 0. The van der Waals surface area contributed by atoms with Crippen molar-refractivity contribution in [2.45, 2.75) is 72.3 Å². The number of hydrogen-bond acceptors (Lipinski definition) is 3. The van der Waals surface area contributed by atoms with Crippen LogP contribution in [0.5, 0.6) is 0 Å². The van der Waals surface area contributed by atoms with Crippen molar-refractivity contribution in [3.8, 4) is 0 Å². The molecule has 1 aromatic rings. The summed E-state index contributed by atoms with van der Waals surface area (Å²) in [5.41, 5.74) is 1.36. The van der Waals surface area contributed by atoms with E-state index in [9.17, 15) is 0 Å².